The smallest absolute Gasteiger partial charge is 0.325 e. The maximum atomic E-state index is 12.0. The summed E-state index contributed by atoms with van der Waals surface area (Å²) in [7, 11) is 0. The first-order chi connectivity index (χ1) is 10.1. The van der Waals surface area contributed by atoms with Gasteiger partial charge in [-0.05, 0) is 48.4 Å². The van der Waals surface area contributed by atoms with E-state index in [2.05, 4.69) is 23.3 Å². The average molecular weight is 284 g/mol. The van der Waals surface area contributed by atoms with Gasteiger partial charge in [-0.2, -0.15) is 5.10 Å². The number of aliphatic carboxylic acids is 1. The molecule has 3 aliphatic rings. The Balaban J connectivity index is 1.70. The fourth-order valence-electron chi connectivity index (χ4n) is 3.46. The van der Waals surface area contributed by atoms with E-state index in [1.165, 1.54) is 17.5 Å². The predicted molar refractivity (Wildman–Crippen MR) is 75.9 cm³/mol. The zero-order valence-electron chi connectivity index (χ0n) is 11.6. The molecule has 0 spiro atoms. The summed E-state index contributed by atoms with van der Waals surface area (Å²) in [6.45, 7) is -0.351. The van der Waals surface area contributed by atoms with Gasteiger partial charge in [0.2, 0.25) is 5.91 Å². The molecular formula is C16H16N2O3. The van der Waals surface area contributed by atoms with E-state index in [1.54, 1.807) is 0 Å². The lowest BCUT2D eigenvalue weighted by Crippen LogP contribution is -2.37. The molecule has 1 fully saturated rings. The number of hydrogen-bond acceptors (Lipinski definition) is 3. The maximum Gasteiger partial charge on any atom is 0.325 e. The molecule has 1 aliphatic heterocycles. The lowest BCUT2D eigenvalue weighted by Gasteiger charge is -2.22. The van der Waals surface area contributed by atoms with Gasteiger partial charge >= 0.3 is 5.97 Å². The van der Waals surface area contributed by atoms with Crippen molar-refractivity contribution in [1.29, 1.82) is 0 Å². The third-order valence-electron chi connectivity index (χ3n) is 4.62. The van der Waals surface area contributed by atoms with Crippen LogP contribution in [-0.4, -0.2) is 34.2 Å². The quantitative estimate of drug-likeness (QED) is 0.913. The summed E-state index contributed by atoms with van der Waals surface area (Å²) in [5.41, 5.74) is 4.71. The minimum Gasteiger partial charge on any atom is -0.480 e. The molecular weight excluding hydrogens is 268 g/mol. The van der Waals surface area contributed by atoms with Crippen molar-refractivity contribution >= 4 is 17.6 Å². The molecule has 1 saturated carbocycles. The van der Waals surface area contributed by atoms with E-state index in [9.17, 15) is 9.59 Å². The molecule has 1 aromatic carbocycles. The Hall–Kier alpha value is -2.17. The van der Waals surface area contributed by atoms with Crippen LogP contribution in [0, 0.1) is 11.8 Å². The van der Waals surface area contributed by atoms with E-state index in [0.717, 1.165) is 35.5 Å². The summed E-state index contributed by atoms with van der Waals surface area (Å²) in [5, 5.41) is 14.4. The molecule has 1 amide bonds. The van der Waals surface area contributed by atoms with Gasteiger partial charge in [-0.25, -0.2) is 5.01 Å². The van der Waals surface area contributed by atoms with Crippen molar-refractivity contribution in [3.05, 3.63) is 34.9 Å². The van der Waals surface area contributed by atoms with Gasteiger partial charge in [0.25, 0.3) is 0 Å². The van der Waals surface area contributed by atoms with Crippen LogP contribution >= 0.6 is 0 Å². The van der Waals surface area contributed by atoms with Crippen molar-refractivity contribution in [2.45, 2.75) is 25.7 Å². The molecule has 0 aromatic heterocycles. The largest absolute Gasteiger partial charge is 0.480 e. The molecule has 108 valence electrons. The molecule has 5 heteroatoms. The lowest BCUT2D eigenvalue weighted by atomic mass is 9.99. The van der Waals surface area contributed by atoms with Gasteiger partial charge in [-0.15, -0.1) is 0 Å². The molecule has 0 unspecified atom stereocenters. The van der Waals surface area contributed by atoms with E-state index < -0.39 is 5.97 Å². The standard InChI is InChI=1S/C16H16N2O3/c19-14(20)8-18-16(21)13-7-12(13)15(17-18)11-5-4-9-2-1-3-10(9)6-11/h4-6,12-13H,1-3,7-8H2,(H,19,20)/t12-,13+/m0/s1. The summed E-state index contributed by atoms with van der Waals surface area (Å²) in [6, 6.07) is 6.38. The zero-order valence-corrected chi connectivity index (χ0v) is 11.6. The van der Waals surface area contributed by atoms with Crippen LogP contribution in [0.5, 0.6) is 0 Å². The predicted octanol–water partition coefficient (Wildman–Crippen LogP) is 1.44. The van der Waals surface area contributed by atoms with Crippen LogP contribution in [0.15, 0.2) is 23.3 Å². The number of amides is 1. The number of fused-ring (bicyclic) bond motifs is 2. The van der Waals surface area contributed by atoms with Crippen LogP contribution in [0.4, 0.5) is 0 Å². The normalized spacial score (nSPS) is 26.2. The summed E-state index contributed by atoms with van der Waals surface area (Å²) < 4.78 is 0. The first kappa shape index (κ1) is 12.6. The SMILES string of the molecule is O=C(O)CN1N=C(c2ccc3c(c2)CCC3)[C@H]2C[C@H]2C1=O. The molecule has 1 aromatic rings. The third kappa shape index (κ3) is 2.04. The monoisotopic (exact) mass is 284 g/mol. The van der Waals surface area contributed by atoms with Gasteiger partial charge in [0, 0.05) is 11.8 Å². The fraction of sp³-hybridized carbons (Fsp3) is 0.438. The van der Waals surface area contributed by atoms with E-state index >= 15 is 0 Å². The molecule has 1 heterocycles. The van der Waals surface area contributed by atoms with Crippen molar-refractivity contribution in [1.82, 2.24) is 5.01 Å². The van der Waals surface area contributed by atoms with Crippen molar-refractivity contribution in [2.75, 3.05) is 6.54 Å². The number of nitrogens with zero attached hydrogens (tertiary/aromatic N) is 2. The van der Waals surface area contributed by atoms with Gasteiger partial charge in [0.1, 0.15) is 6.54 Å². The molecule has 0 bridgehead atoms. The van der Waals surface area contributed by atoms with E-state index in [-0.39, 0.29) is 24.3 Å². The number of hydrogen-bond donors (Lipinski definition) is 1. The number of carboxylic acid groups (broad SMARTS) is 1. The van der Waals surface area contributed by atoms with Crippen molar-refractivity contribution in [2.24, 2.45) is 16.9 Å². The number of carboxylic acids is 1. The number of aryl methyl sites for hydroxylation is 2. The van der Waals surface area contributed by atoms with Crippen molar-refractivity contribution < 1.29 is 14.7 Å². The summed E-state index contributed by atoms with van der Waals surface area (Å²) >= 11 is 0. The summed E-state index contributed by atoms with van der Waals surface area (Å²) in [6.07, 6.45) is 4.23. The zero-order chi connectivity index (χ0) is 14.6. The second-order valence-electron chi connectivity index (χ2n) is 6.06. The molecule has 0 saturated heterocycles. The van der Waals surface area contributed by atoms with E-state index in [0.29, 0.717) is 0 Å². The summed E-state index contributed by atoms with van der Waals surface area (Å²) in [5.74, 6) is -1.06. The van der Waals surface area contributed by atoms with Gasteiger partial charge in [-0.1, -0.05) is 12.1 Å². The minimum atomic E-state index is -1.03. The van der Waals surface area contributed by atoms with Crippen LogP contribution in [0.1, 0.15) is 29.5 Å². The van der Waals surface area contributed by atoms with Crippen molar-refractivity contribution in [3.63, 3.8) is 0 Å². The molecule has 4 rings (SSSR count). The molecule has 2 atom stereocenters. The van der Waals surface area contributed by atoms with Crippen LogP contribution in [0.2, 0.25) is 0 Å². The van der Waals surface area contributed by atoms with Crippen LogP contribution < -0.4 is 0 Å². The van der Waals surface area contributed by atoms with E-state index in [4.69, 9.17) is 5.11 Å². The number of carbonyl (C=O) groups is 2. The highest BCUT2D eigenvalue weighted by Crippen LogP contribution is 2.46. The first-order valence-corrected chi connectivity index (χ1v) is 7.37. The van der Waals surface area contributed by atoms with Crippen LogP contribution in [-0.2, 0) is 22.4 Å². The summed E-state index contributed by atoms with van der Waals surface area (Å²) in [4.78, 5) is 22.9. The van der Waals surface area contributed by atoms with Gasteiger partial charge in [0.05, 0.1) is 5.71 Å². The van der Waals surface area contributed by atoms with Crippen molar-refractivity contribution in [3.8, 4) is 0 Å². The second kappa shape index (κ2) is 4.41. The Labute approximate surface area is 122 Å². The van der Waals surface area contributed by atoms with Gasteiger partial charge < -0.3 is 5.11 Å². The molecule has 21 heavy (non-hydrogen) atoms. The van der Waals surface area contributed by atoms with Crippen LogP contribution in [0.3, 0.4) is 0 Å². The second-order valence-corrected chi connectivity index (χ2v) is 6.06. The molecule has 1 N–H and O–H groups in total. The first-order valence-electron chi connectivity index (χ1n) is 7.37. The average Bonchev–Trinajstić information content (AvgIpc) is 3.11. The Morgan fingerprint density at radius 1 is 1.29 bits per heavy atom. The van der Waals surface area contributed by atoms with E-state index in [1.807, 2.05) is 0 Å². The Bertz CT molecular complexity index is 680. The Kier molecular flexibility index (Phi) is 2.64. The fourth-order valence-corrected chi connectivity index (χ4v) is 3.46. The topological polar surface area (TPSA) is 70.0 Å². The number of hydrazone groups is 1. The molecule has 5 nitrogen and oxygen atoms in total. The highest BCUT2D eigenvalue weighted by atomic mass is 16.4. The molecule has 2 aliphatic carbocycles. The number of carbonyl (C=O) groups excluding carboxylic acids is 1. The van der Waals surface area contributed by atoms with Gasteiger partial charge in [0.15, 0.2) is 0 Å². The minimum absolute atomic E-state index is 0.0647. The lowest BCUT2D eigenvalue weighted by molar-refractivity contribution is -0.145. The highest BCUT2D eigenvalue weighted by Gasteiger charge is 2.52. The number of benzene rings is 1. The molecule has 0 radical (unpaired) electrons. The highest BCUT2D eigenvalue weighted by molar-refractivity contribution is 6.10. The van der Waals surface area contributed by atoms with Gasteiger partial charge in [-0.3, -0.25) is 9.59 Å². The number of rotatable bonds is 3. The Morgan fingerprint density at radius 2 is 2.10 bits per heavy atom. The maximum absolute atomic E-state index is 12.0. The third-order valence-corrected chi connectivity index (χ3v) is 4.62. The van der Waals surface area contributed by atoms with Crippen LogP contribution in [0.25, 0.3) is 0 Å². The Morgan fingerprint density at radius 3 is 2.90 bits per heavy atom.